The van der Waals surface area contributed by atoms with Gasteiger partial charge >= 0.3 is 6.03 Å². The van der Waals surface area contributed by atoms with E-state index in [1.165, 1.54) is 26.4 Å². The first kappa shape index (κ1) is 20.5. The second-order valence-corrected chi connectivity index (χ2v) is 6.32. The van der Waals surface area contributed by atoms with Crippen LogP contribution in [0.1, 0.15) is 11.1 Å². The number of nitro benzene ring substituents is 1. The van der Waals surface area contributed by atoms with Crippen molar-refractivity contribution >= 4 is 35.3 Å². The number of aryl methyl sites for hydroxylation is 1. The molecule has 154 valence electrons. The van der Waals surface area contributed by atoms with E-state index in [4.69, 9.17) is 9.47 Å². The van der Waals surface area contributed by atoms with Crippen LogP contribution in [0.5, 0.6) is 11.5 Å². The molecule has 0 unspecified atom stereocenters. The van der Waals surface area contributed by atoms with E-state index in [1.54, 1.807) is 25.1 Å². The Hall–Kier alpha value is -4.21. The maximum Gasteiger partial charge on any atom is 0.335 e. The molecule has 4 amide bonds. The molecular weight excluding hydrogens is 394 g/mol. The van der Waals surface area contributed by atoms with Gasteiger partial charge in [-0.25, -0.2) is 9.69 Å². The normalized spacial score (nSPS) is 15.2. The van der Waals surface area contributed by atoms with Gasteiger partial charge in [0.05, 0.1) is 36.5 Å². The number of nitrogens with one attached hydrogen (secondary N) is 1. The van der Waals surface area contributed by atoms with Crippen LogP contribution in [0.2, 0.25) is 0 Å². The second kappa shape index (κ2) is 8.03. The van der Waals surface area contributed by atoms with Gasteiger partial charge in [0.15, 0.2) is 11.5 Å². The van der Waals surface area contributed by atoms with E-state index < -0.39 is 34.0 Å². The molecule has 1 N–H and O–H groups in total. The Morgan fingerprint density at radius 3 is 2.33 bits per heavy atom. The van der Waals surface area contributed by atoms with Crippen molar-refractivity contribution in [2.45, 2.75) is 6.92 Å². The lowest BCUT2D eigenvalue weighted by molar-refractivity contribution is -0.385. The van der Waals surface area contributed by atoms with Crippen LogP contribution in [0, 0.1) is 17.0 Å². The summed E-state index contributed by atoms with van der Waals surface area (Å²) in [7, 11) is 2.67. The Morgan fingerprint density at radius 1 is 1.07 bits per heavy atom. The van der Waals surface area contributed by atoms with E-state index in [9.17, 15) is 24.5 Å². The lowest BCUT2D eigenvalue weighted by atomic mass is 10.0. The molecule has 1 aliphatic heterocycles. The number of carbonyl (C=O) groups excluding carboxylic acids is 3. The van der Waals surface area contributed by atoms with E-state index in [0.717, 1.165) is 22.6 Å². The number of ether oxygens (including phenoxy) is 2. The van der Waals surface area contributed by atoms with E-state index in [2.05, 4.69) is 5.32 Å². The van der Waals surface area contributed by atoms with Crippen molar-refractivity contribution in [2.24, 2.45) is 0 Å². The van der Waals surface area contributed by atoms with E-state index in [1.807, 2.05) is 0 Å². The molecule has 10 nitrogen and oxygen atoms in total. The standard InChI is InChI=1S/C20H17N3O7/c1-11-5-4-6-13(7-11)22-19(25)14(18(24)21-20(22)26)8-12-9-16(29-2)17(30-3)10-15(12)23(27)28/h4-10H,1-3H3,(H,21,24,26)/b14-8-. The molecule has 2 aromatic carbocycles. The largest absolute Gasteiger partial charge is 0.493 e. The number of barbiturate groups is 1. The number of hydrogen-bond donors (Lipinski definition) is 1. The molecule has 3 rings (SSSR count). The third kappa shape index (κ3) is 3.70. The maximum atomic E-state index is 13.0. The smallest absolute Gasteiger partial charge is 0.335 e. The first-order valence-electron chi connectivity index (χ1n) is 8.65. The summed E-state index contributed by atoms with van der Waals surface area (Å²) in [6.07, 6.45) is 1.05. The molecule has 10 heteroatoms. The van der Waals surface area contributed by atoms with Crippen LogP contribution in [-0.4, -0.2) is 37.0 Å². The number of nitrogens with zero attached hydrogens (tertiary/aromatic N) is 2. The number of nitro groups is 1. The number of carbonyl (C=O) groups is 3. The number of anilines is 1. The van der Waals surface area contributed by atoms with Crippen LogP contribution in [0.3, 0.4) is 0 Å². The zero-order valence-corrected chi connectivity index (χ0v) is 16.3. The minimum absolute atomic E-state index is 0.0605. The van der Waals surface area contributed by atoms with Gasteiger partial charge in [-0.2, -0.15) is 0 Å². The van der Waals surface area contributed by atoms with Crippen molar-refractivity contribution in [1.82, 2.24) is 5.32 Å². The topological polar surface area (TPSA) is 128 Å². The zero-order chi connectivity index (χ0) is 22.0. The summed E-state index contributed by atoms with van der Waals surface area (Å²) in [5, 5.41) is 13.6. The first-order chi connectivity index (χ1) is 14.3. The van der Waals surface area contributed by atoms with E-state index in [0.29, 0.717) is 0 Å². The van der Waals surface area contributed by atoms with Crippen molar-refractivity contribution in [2.75, 3.05) is 19.1 Å². The summed E-state index contributed by atoms with van der Waals surface area (Å²) >= 11 is 0. The fourth-order valence-corrected chi connectivity index (χ4v) is 2.97. The van der Waals surface area contributed by atoms with Crippen molar-refractivity contribution in [3.63, 3.8) is 0 Å². The predicted octanol–water partition coefficient (Wildman–Crippen LogP) is 2.59. The summed E-state index contributed by atoms with van der Waals surface area (Å²) in [5.41, 5.74) is 0.157. The number of urea groups is 1. The summed E-state index contributed by atoms with van der Waals surface area (Å²) in [5.74, 6) is -1.58. The minimum Gasteiger partial charge on any atom is -0.493 e. The SMILES string of the molecule is COc1cc(/C=C2/C(=O)NC(=O)N(c3cccc(C)c3)C2=O)c([N+](=O)[O-])cc1OC. The fourth-order valence-electron chi connectivity index (χ4n) is 2.97. The molecule has 2 aromatic rings. The van der Waals surface area contributed by atoms with Crippen LogP contribution in [-0.2, 0) is 9.59 Å². The quantitative estimate of drug-likeness (QED) is 0.347. The van der Waals surface area contributed by atoms with E-state index in [-0.39, 0.29) is 22.7 Å². The van der Waals surface area contributed by atoms with Crippen LogP contribution in [0.25, 0.3) is 6.08 Å². The van der Waals surface area contributed by atoms with Gasteiger partial charge in [-0.15, -0.1) is 0 Å². The Bertz CT molecular complexity index is 1110. The third-order valence-corrected chi connectivity index (χ3v) is 4.39. The van der Waals surface area contributed by atoms with Crippen molar-refractivity contribution < 1.29 is 28.8 Å². The average molecular weight is 411 g/mol. The number of hydrogen-bond acceptors (Lipinski definition) is 7. The molecule has 1 saturated heterocycles. The van der Waals surface area contributed by atoms with Crippen LogP contribution < -0.4 is 19.7 Å². The van der Waals surface area contributed by atoms with Crippen molar-refractivity contribution in [1.29, 1.82) is 0 Å². The summed E-state index contributed by atoms with van der Waals surface area (Å²) in [6.45, 7) is 1.78. The van der Waals surface area contributed by atoms with Crippen molar-refractivity contribution in [3.05, 3.63) is 63.2 Å². The van der Waals surface area contributed by atoms with Gasteiger partial charge in [-0.05, 0) is 36.8 Å². The number of imide groups is 2. The second-order valence-electron chi connectivity index (χ2n) is 6.32. The van der Waals surface area contributed by atoms with Crippen LogP contribution in [0.15, 0.2) is 42.0 Å². The molecule has 0 saturated carbocycles. The maximum absolute atomic E-state index is 13.0. The first-order valence-corrected chi connectivity index (χ1v) is 8.65. The number of benzene rings is 2. The average Bonchev–Trinajstić information content (AvgIpc) is 2.70. The fraction of sp³-hybridized carbons (Fsp3) is 0.150. The number of methoxy groups -OCH3 is 2. The molecule has 0 aromatic heterocycles. The minimum atomic E-state index is -0.960. The molecule has 0 bridgehead atoms. The van der Waals surface area contributed by atoms with Gasteiger partial charge in [-0.3, -0.25) is 25.0 Å². The van der Waals surface area contributed by atoms with Gasteiger partial charge < -0.3 is 9.47 Å². The molecule has 30 heavy (non-hydrogen) atoms. The van der Waals surface area contributed by atoms with Crippen LogP contribution in [0.4, 0.5) is 16.2 Å². The molecule has 0 radical (unpaired) electrons. The van der Waals surface area contributed by atoms with Gasteiger partial charge in [-0.1, -0.05) is 12.1 Å². The monoisotopic (exact) mass is 411 g/mol. The highest BCUT2D eigenvalue weighted by Crippen LogP contribution is 2.36. The summed E-state index contributed by atoms with van der Waals surface area (Å²) < 4.78 is 10.2. The van der Waals surface area contributed by atoms with Gasteiger partial charge in [0.2, 0.25) is 0 Å². The lowest BCUT2D eigenvalue weighted by Gasteiger charge is -2.26. The Balaban J connectivity index is 2.14. The van der Waals surface area contributed by atoms with Crippen LogP contribution >= 0.6 is 0 Å². The van der Waals surface area contributed by atoms with E-state index >= 15 is 0 Å². The number of amides is 4. The Labute approximate surface area is 170 Å². The molecule has 0 spiro atoms. The van der Waals surface area contributed by atoms with Gasteiger partial charge in [0.25, 0.3) is 17.5 Å². The van der Waals surface area contributed by atoms with Crippen molar-refractivity contribution in [3.8, 4) is 11.5 Å². The summed E-state index contributed by atoms with van der Waals surface area (Å²) in [6, 6.07) is 8.07. The highest BCUT2D eigenvalue weighted by atomic mass is 16.6. The van der Waals surface area contributed by atoms with Gasteiger partial charge in [0.1, 0.15) is 5.57 Å². The predicted molar refractivity (Wildman–Crippen MR) is 106 cm³/mol. The summed E-state index contributed by atoms with van der Waals surface area (Å²) in [4.78, 5) is 49.2. The highest BCUT2D eigenvalue weighted by molar-refractivity contribution is 6.39. The third-order valence-electron chi connectivity index (χ3n) is 4.39. The van der Waals surface area contributed by atoms with Gasteiger partial charge in [0, 0.05) is 0 Å². The Kier molecular flexibility index (Phi) is 5.50. The number of rotatable bonds is 5. The molecule has 1 heterocycles. The lowest BCUT2D eigenvalue weighted by Crippen LogP contribution is -2.54. The molecule has 0 aliphatic carbocycles. The Morgan fingerprint density at radius 2 is 1.73 bits per heavy atom. The highest BCUT2D eigenvalue weighted by Gasteiger charge is 2.37. The molecule has 1 aliphatic rings. The molecular formula is C20H17N3O7. The zero-order valence-electron chi connectivity index (χ0n) is 16.3. The molecule has 0 atom stereocenters. The molecule has 1 fully saturated rings.